The Morgan fingerprint density at radius 3 is 2.45 bits per heavy atom. The van der Waals surface area contributed by atoms with Crippen molar-refractivity contribution < 1.29 is 19.4 Å². The standard InChI is InChI=1S/C17H25NO4/c1-17(2,3)22-16(20)18-10-8-12(9-11-18)13-6-5-7-14(19)15(13)21-4/h5-7,12,19H,8-11H2,1-4H3. The molecule has 1 fully saturated rings. The van der Waals surface area contributed by atoms with Gasteiger partial charge in [-0.25, -0.2) is 4.79 Å². The van der Waals surface area contributed by atoms with Crippen LogP contribution in [0, 0.1) is 0 Å². The fourth-order valence-corrected chi connectivity index (χ4v) is 2.79. The first kappa shape index (κ1) is 16.5. The second-order valence-electron chi connectivity index (χ2n) is 6.64. The molecular weight excluding hydrogens is 282 g/mol. The van der Waals surface area contributed by atoms with Crippen molar-refractivity contribution in [1.29, 1.82) is 0 Å². The zero-order chi connectivity index (χ0) is 16.3. The van der Waals surface area contributed by atoms with E-state index in [2.05, 4.69) is 0 Å². The zero-order valence-corrected chi connectivity index (χ0v) is 13.8. The number of methoxy groups -OCH3 is 1. The minimum atomic E-state index is -0.470. The van der Waals surface area contributed by atoms with Crippen molar-refractivity contribution in [3.05, 3.63) is 23.8 Å². The molecular formula is C17H25NO4. The average molecular weight is 307 g/mol. The lowest BCUT2D eigenvalue weighted by Gasteiger charge is -2.34. The number of likely N-dealkylation sites (tertiary alicyclic amines) is 1. The maximum atomic E-state index is 12.1. The van der Waals surface area contributed by atoms with E-state index in [1.54, 1.807) is 18.1 Å². The summed E-state index contributed by atoms with van der Waals surface area (Å²) in [6, 6.07) is 5.43. The molecule has 0 unspecified atom stereocenters. The molecule has 22 heavy (non-hydrogen) atoms. The van der Waals surface area contributed by atoms with Crippen molar-refractivity contribution in [3.63, 3.8) is 0 Å². The Labute approximate surface area is 131 Å². The summed E-state index contributed by atoms with van der Waals surface area (Å²) < 4.78 is 10.7. The minimum Gasteiger partial charge on any atom is -0.504 e. The molecule has 1 aromatic carbocycles. The summed E-state index contributed by atoms with van der Waals surface area (Å²) in [6.45, 7) is 6.91. The molecule has 0 spiro atoms. The number of nitrogens with zero attached hydrogens (tertiary/aromatic N) is 1. The van der Waals surface area contributed by atoms with E-state index < -0.39 is 5.60 Å². The van der Waals surface area contributed by atoms with Crippen molar-refractivity contribution in [3.8, 4) is 11.5 Å². The topological polar surface area (TPSA) is 59.0 Å². The van der Waals surface area contributed by atoms with E-state index in [4.69, 9.17) is 9.47 Å². The lowest BCUT2D eigenvalue weighted by atomic mass is 9.88. The molecule has 5 heteroatoms. The van der Waals surface area contributed by atoms with Gasteiger partial charge in [0.05, 0.1) is 7.11 Å². The lowest BCUT2D eigenvalue weighted by molar-refractivity contribution is 0.0204. The Bertz CT molecular complexity index is 528. The van der Waals surface area contributed by atoms with Gasteiger partial charge in [0.25, 0.3) is 0 Å². The second-order valence-corrected chi connectivity index (χ2v) is 6.64. The SMILES string of the molecule is COc1c(O)cccc1C1CCN(C(=O)OC(C)(C)C)CC1. The van der Waals surface area contributed by atoms with Crippen molar-refractivity contribution in [2.75, 3.05) is 20.2 Å². The van der Waals surface area contributed by atoms with E-state index in [1.165, 1.54) is 0 Å². The molecule has 1 N–H and O–H groups in total. The first-order chi connectivity index (χ1) is 10.3. The fourth-order valence-electron chi connectivity index (χ4n) is 2.79. The molecule has 1 saturated heterocycles. The van der Waals surface area contributed by atoms with Crippen LogP contribution in [0.4, 0.5) is 4.79 Å². The minimum absolute atomic E-state index is 0.162. The van der Waals surface area contributed by atoms with Gasteiger partial charge in [-0.3, -0.25) is 0 Å². The van der Waals surface area contributed by atoms with E-state index in [9.17, 15) is 9.90 Å². The number of piperidine rings is 1. The molecule has 122 valence electrons. The summed E-state index contributed by atoms with van der Waals surface area (Å²) in [7, 11) is 1.56. The summed E-state index contributed by atoms with van der Waals surface area (Å²) >= 11 is 0. The van der Waals surface area contributed by atoms with Gasteiger partial charge in [0.2, 0.25) is 0 Å². The molecule has 1 aliphatic heterocycles. The fraction of sp³-hybridized carbons (Fsp3) is 0.588. The van der Waals surface area contributed by atoms with Gasteiger partial charge < -0.3 is 19.5 Å². The average Bonchev–Trinajstić information content (AvgIpc) is 2.45. The quantitative estimate of drug-likeness (QED) is 0.908. The monoisotopic (exact) mass is 307 g/mol. The number of phenols is 1. The first-order valence-electron chi connectivity index (χ1n) is 7.65. The normalized spacial score (nSPS) is 16.5. The Balaban J connectivity index is 2.01. The van der Waals surface area contributed by atoms with E-state index in [0.29, 0.717) is 18.8 Å². The number of carbonyl (C=O) groups is 1. The molecule has 1 aromatic rings. The number of rotatable bonds is 2. The molecule has 0 aliphatic carbocycles. The number of aromatic hydroxyl groups is 1. The smallest absolute Gasteiger partial charge is 0.410 e. The van der Waals surface area contributed by atoms with Crippen molar-refractivity contribution in [2.45, 2.75) is 45.1 Å². The third kappa shape index (κ3) is 3.84. The van der Waals surface area contributed by atoms with Crippen LogP contribution >= 0.6 is 0 Å². The molecule has 0 bridgehead atoms. The van der Waals surface area contributed by atoms with E-state index in [0.717, 1.165) is 18.4 Å². The number of hydrogen-bond acceptors (Lipinski definition) is 4. The highest BCUT2D eigenvalue weighted by Gasteiger charge is 2.29. The van der Waals surface area contributed by atoms with Crippen LogP contribution in [0.5, 0.6) is 11.5 Å². The van der Waals surface area contributed by atoms with Crippen LogP contribution in [0.15, 0.2) is 18.2 Å². The molecule has 1 aliphatic rings. The van der Waals surface area contributed by atoms with Gasteiger partial charge in [0.1, 0.15) is 5.60 Å². The number of para-hydroxylation sites is 1. The Morgan fingerprint density at radius 2 is 1.91 bits per heavy atom. The van der Waals surface area contributed by atoms with Gasteiger partial charge in [-0.2, -0.15) is 0 Å². The summed E-state index contributed by atoms with van der Waals surface area (Å²) in [6.07, 6.45) is 1.41. The predicted octanol–water partition coefficient (Wildman–Crippen LogP) is 3.52. The van der Waals surface area contributed by atoms with Gasteiger partial charge in [-0.05, 0) is 45.6 Å². The lowest BCUT2D eigenvalue weighted by Crippen LogP contribution is -2.41. The van der Waals surface area contributed by atoms with Crippen molar-refractivity contribution in [2.24, 2.45) is 0 Å². The van der Waals surface area contributed by atoms with Crippen LogP contribution in [0.25, 0.3) is 0 Å². The van der Waals surface area contributed by atoms with Crippen LogP contribution in [0.2, 0.25) is 0 Å². The summed E-state index contributed by atoms with van der Waals surface area (Å²) in [5, 5.41) is 9.88. The van der Waals surface area contributed by atoms with Crippen molar-refractivity contribution in [1.82, 2.24) is 4.90 Å². The van der Waals surface area contributed by atoms with E-state index in [-0.39, 0.29) is 17.8 Å². The first-order valence-corrected chi connectivity index (χ1v) is 7.65. The Kier molecular flexibility index (Phi) is 4.84. The van der Waals surface area contributed by atoms with Gasteiger partial charge >= 0.3 is 6.09 Å². The van der Waals surface area contributed by atoms with Crippen LogP contribution in [-0.2, 0) is 4.74 Å². The molecule has 1 amide bonds. The third-order valence-electron chi connectivity index (χ3n) is 3.82. The third-order valence-corrected chi connectivity index (χ3v) is 3.82. The molecule has 5 nitrogen and oxygen atoms in total. The Hall–Kier alpha value is -1.91. The van der Waals surface area contributed by atoms with Gasteiger partial charge in [-0.1, -0.05) is 12.1 Å². The molecule has 0 aromatic heterocycles. The van der Waals surface area contributed by atoms with Gasteiger partial charge in [0, 0.05) is 18.7 Å². The zero-order valence-electron chi connectivity index (χ0n) is 13.8. The highest BCUT2D eigenvalue weighted by Crippen LogP contribution is 2.39. The Morgan fingerprint density at radius 1 is 1.27 bits per heavy atom. The molecule has 0 saturated carbocycles. The maximum absolute atomic E-state index is 12.1. The highest BCUT2D eigenvalue weighted by atomic mass is 16.6. The van der Waals surface area contributed by atoms with Gasteiger partial charge in [-0.15, -0.1) is 0 Å². The molecule has 0 radical (unpaired) electrons. The maximum Gasteiger partial charge on any atom is 0.410 e. The highest BCUT2D eigenvalue weighted by molar-refractivity contribution is 5.68. The summed E-state index contributed by atoms with van der Waals surface area (Å²) in [5.41, 5.74) is 0.536. The summed E-state index contributed by atoms with van der Waals surface area (Å²) in [4.78, 5) is 13.8. The van der Waals surface area contributed by atoms with Crippen molar-refractivity contribution >= 4 is 6.09 Å². The number of carbonyl (C=O) groups excluding carboxylic acids is 1. The van der Waals surface area contributed by atoms with Crippen LogP contribution in [-0.4, -0.2) is 41.9 Å². The molecule has 0 atom stereocenters. The largest absolute Gasteiger partial charge is 0.504 e. The van der Waals surface area contributed by atoms with Crippen LogP contribution < -0.4 is 4.74 Å². The number of benzene rings is 1. The second kappa shape index (κ2) is 6.46. The molecule has 1 heterocycles. The number of hydrogen-bond donors (Lipinski definition) is 1. The summed E-state index contributed by atoms with van der Waals surface area (Å²) in [5.74, 6) is 0.980. The number of ether oxygens (including phenoxy) is 2. The number of phenolic OH excluding ortho intramolecular Hbond substituents is 1. The number of amides is 1. The van der Waals surface area contributed by atoms with E-state index >= 15 is 0 Å². The van der Waals surface area contributed by atoms with Crippen LogP contribution in [0.3, 0.4) is 0 Å². The predicted molar refractivity (Wildman–Crippen MR) is 84.4 cm³/mol. The van der Waals surface area contributed by atoms with Gasteiger partial charge in [0.15, 0.2) is 11.5 Å². The van der Waals surface area contributed by atoms with Crippen LogP contribution in [0.1, 0.15) is 45.1 Å². The molecule has 2 rings (SSSR count). The van der Waals surface area contributed by atoms with E-state index in [1.807, 2.05) is 32.9 Å².